The summed E-state index contributed by atoms with van der Waals surface area (Å²) in [5.41, 5.74) is 1.05. The molecule has 1 fully saturated rings. The molecule has 4 rings (SSSR count). The normalized spacial score (nSPS) is 16.4. The van der Waals surface area contributed by atoms with Gasteiger partial charge in [0.05, 0.1) is 37.1 Å². The number of anilines is 1. The number of amides is 1. The molecule has 1 saturated heterocycles. The third kappa shape index (κ3) is 5.49. The van der Waals surface area contributed by atoms with Gasteiger partial charge in [0.2, 0.25) is 0 Å². The quantitative estimate of drug-likeness (QED) is 0.163. The van der Waals surface area contributed by atoms with Crippen LogP contribution in [0.2, 0.25) is 0 Å². The third-order valence-electron chi connectivity index (χ3n) is 5.90. The van der Waals surface area contributed by atoms with Gasteiger partial charge >= 0.3 is 11.9 Å². The fraction of sp³-hybridized carbons (Fsp3) is 0.321. The monoisotopic (exact) mass is 551 g/mol. The third-order valence-corrected chi connectivity index (χ3v) is 7.03. The van der Waals surface area contributed by atoms with Crippen molar-refractivity contribution in [3.05, 3.63) is 70.0 Å². The van der Waals surface area contributed by atoms with Gasteiger partial charge in [-0.05, 0) is 57.0 Å². The second kappa shape index (κ2) is 12.1. The number of rotatable bonds is 10. The van der Waals surface area contributed by atoms with Crippen LogP contribution in [0.5, 0.6) is 11.5 Å². The van der Waals surface area contributed by atoms with Crippen LogP contribution in [0.15, 0.2) is 48.3 Å². The first-order valence-electron chi connectivity index (χ1n) is 12.6. The Morgan fingerprint density at radius 2 is 1.79 bits per heavy atom. The van der Waals surface area contributed by atoms with E-state index in [0.29, 0.717) is 41.5 Å². The maximum Gasteiger partial charge on any atom is 0.350 e. The Morgan fingerprint density at radius 1 is 1.05 bits per heavy atom. The fourth-order valence-corrected chi connectivity index (χ4v) is 5.16. The summed E-state index contributed by atoms with van der Waals surface area (Å²) in [7, 11) is 0. The van der Waals surface area contributed by atoms with Gasteiger partial charge in [0.1, 0.15) is 10.6 Å². The predicted octanol–water partition coefficient (Wildman–Crippen LogP) is 4.84. The highest BCUT2D eigenvalue weighted by atomic mass is 32.1. The first kappa shape index (κ1) is 27.8. The zero-order chi connectivity index (χ0) is 28.1. The second-order valence-electron chi connectivity index (χ2n) is 8.52. The van der Waals surface area contributed by atoms with E-state index in [1.807, 2.05) is 13.8 Å². The van der Waals surface area contributed by atoms with Gasteiger partial charge in [0.25, 0.3) is 5.78 Å². The molecule has 1 atom stereocenters. The lowest BCUT2D eigenvalue weighted by Gasteiger charge is -2.24. The van der Waals surface area contributed by atoms with Crippen LogP contribution in [0, 0.1) is 6.92 Å². The van der Waals surface area contributed by atoms with Crippen molar-refractivity contribution in [1.82, 2.24) is 9.97 Å². The molecule has 1 unspecified atom stereocenters. The molecule has 0 saturated carbocycles. The molecule has 1 aromatic carbocycles. The molecule has 1 aliphatic rings. The molecule has 0 spiro atoms. The van der Waals surface area contributed by atoms with Gasteiger partial charge in [-0.1, -0.05) is 24.3 Å². The summed E-state index contributed by atoms with van der Waals surface area (Å²) < 4.78 is 16.8. The Labute approximate surface area is 229 Å². The van der Waals surface area contributed by atoms with E-state index in [-0.39, 0.29) is 27.9 Å². The van der Waals surface area contributed by atoms with Gasteiger partial charge in [0, 0.05) is 18.0 Å². The highest BCUT2D eigenvalue weighted by molar-refractivity contribution is 7.17. The minimum absolute atomic E-state index is 0.124. The number of Topliss-reactive ketones (excluding diaryl/α,β-unsaturated/α-hetero) is 1. The number of hydrogen-bond donors (Lipinski definition) is 1. The van der Waals surface area contributed by atoms with Crippen LogP contribution in [-0.2, 0) is 14.3 Å². The van der Waals surface area contributed by atoms with Gasteiger partial charge in [-0.3, -0.25) is 19.5 Å². The van der Waals surface area contributed by atoms with Crippen LogP contribution in [0.4, 0.5) is 5.13 Å². The molecular formula is C28H29N3O7S. The van der Waals surface area contributed by atoms with Gasteiger partial charge in [-0.25, -0.2) is 9.78 Å². The Kier molecular flexibility index (Phi) is 8.60. The molecule has 1 aliphatic heterocycles. The predicted molar refractivity (Wildman–Crippen MR) is 145 cm³/mol. The average Bonchev–Trinajstić information content (AvgIpc) is 3.44. The van der Waals surface area contributed by atoms with Crippen LogP contribution in [-0.4, -0.2) is 52.6 Å². The van der Waals surface area contributed by atoms with Crippen molar-refractivity contribution in [2.45, 2.75) is 40.2 Å². The van der Waals surface area contributed by atoms with Gasteiger partial charge < -0.3 is 19.3 Å². The number of aromatic nitrogens is 2. The number of carbonyl (C=O) groups is 3. The van der Waals surface area contributed by atoms with E-state index in [0.717, 1.165) is 17.8 Å². The minimum atomic E-state index is -1.06. The molecule has 0 radical (unpaired) electrons. The lowest BCUT2D eigenvalue weighted by molar-refractivity contribution is -0.132. The lowest BCUT2D eigenvalue weighted by atomic mass is 9.95. The summed E-state index contributed by atoms with van der Waals surface area (Å²) in [4.78, 5) is 49.2. The minimum Gasteiger partial charge on any atom is -0.507 e. The largest absolute Gasteiger partial charge is 0.507 e. The van der Waals surface area contributed by atoms with Crippen LogP contribution >= 0.6 is 11.3 Å². The molecule has 10 nitrogen and oxygen atoms in total. The van der Waals surface area contributed by atoms with E-state index in [9.17, 15) is 19.5 Å². The fourth-order valence-electron chi connectivity index (χ4n) is 4.18. The highest BCUT2D eigenvalue weighted by Crippen LogP contribution is 2.45. The zero-order valence-electron chi connectivity index (χ0n) is 22.1. The lowest BCUT2D eigenvalue weighted by Crippen LogP contribution is -2.29. The summed E-state index contributed by atoms with van der Waals surface area (Å²) in [5.74, 6) is -1.75. The van der Waals surface area contributed by atoms with Crippen LogP contribution < -0.4 is 14.4 Å². The van der Waals surface area contributed by atoms with Gasteiger partial charge in [-0.15, -0.1) is 0 Å². The molecule has 11 heteroatoms. The maximum absolute atomic E-state index is 13.5. The second-order valence-corrected chi connectivity index (χ2v) is 9.50. The van der Waals surface area contributed by atoms with E-state index in [1.54, 1.807) is 44.2 Å². The SMILES string of the molecule is CCCOc1ccc(C2C(=C(O)c3ccncc3)C(=O)C(=O)N2c2nc(C)c(C(=O)OCC)s2)cc1OCC. The van der Waals surface area contributed by atoms with Gasteiger partial charge in [-0.2, -0.15) is 0 Å². The number of aliphatic hydroxyl groups is 1. The molecule has 3 heterocycles. The number of carbonyl (C=O) groups excluding carboxylic acids is 3. The van der Waals surface area contributed by atoms with Crippen molar-refractivity contribution in [2.24, 2.45) is 0 Å². The van der Waals surface area contributed by atoms with Crippen molar-refractivity contribution in [2.75, 3.05) is 24.7 Å². The summed E-state index contributed by atoms with van der Waals surface area (Å²) in [6, 6.07) is 7.13. The summed E-state index contributed by atoms with van der Waals surface area (Å²) in [6.07, 6.45) is 3.75. The van der Waals surface area contributed by atoms with Crippen LogP contribution in [0.25, 0.3) is 5.76 Å². The molecule has 3 aromatic rings. The topological polar surface area (TPSA) is 128 Å². The molecule has 1 amide bonds. The number of hydrogen-bond acceptors (Lipinski definition) is 10. The number of nitrogens with zero attached hydrogens (tertiary/aromatic N) is 3. The van der Waals surface area contributed by atoms with E-state index in [4.69, 9.17) is 14.2 Å². The van der Waals surface area contributed by atoms with E-state index in [2.05, 4.69) is 9.97 Å². The summed E-state index contributed by atoms with van der Waals surface area (Å²) >= 11 is 0.944. The molecule has 204 valence electrons. The Hall–Kier alpha value is -4.25. The summed E-state index contributed by atoms with van der Waals surface area (Å²) in [6.45, 7) is 8.16. The maximum atomic E-state index is 13.5. The Bertz CT molecular complexity index is 1420. The van der Waals surface area contributed by atoms with Crippen molar-refractivity contribution < 1.29 is 33.7 Å². The van der Waals surface area contributed by atoms with E-state index in [1.165, 1.54) is 17.3 Å². The number of thiazole rings is 1. The smallest absolute Gasteiger partial charge is 0.350 e. The Morgan fingerprint density at radius 3 is 2.46 bits per heavy atom. The number of pyridine rings is 1. The Balaban J connectivity index is 1.92. The number of ether oxygens (including phenoxy) is 3. The average molecular weight is 552 g/mol. The highest BCUT2D eigenvalue weighted by Gasteiger charge is 2.48. The molecule has 2 aromatic heterocycles. The number of benzene rings is 1. The van der Waals surface area contributed by atoms with Gasteiger partial charge in [0.15, 0.2) is 16.6 Å². The summed E-state index contributed by atoms with van der Waals surface area (Å²) in [5, 5.41) is 11.4. The first-order chi connectivity index (χ1) is 18.8. The van der Waals surface area contributed by atoms with Crippen molar-refractivity contribution >= 4 is 39.9 Å². The standard InChI is InChI=1S/C28H29N3O7S/c1-5-14-38-19-9-8-18(15-20(19)36-6-2)22-21(23(32)17-10-12-29-13-11-17)24(33)26(34)31(22)28-30-16(4)25(39-28)27(35)37-7-3/h8-13,15,22,32H,5-7,14H2,1-4H3. The van der Waals surface area contributed by atoms with Crippen LogP contribution in [0.3, 0.4) is 0 Å². The number of ketones is 1. The molecule has 1 N–H and O–H groups in total. The van der Waals surface area contributed by atoms with Crippen molar-refractivity contribution in [3.8, 4) is 11.5 Å². The van der Waals surface area contributed by atoms with Crippen molar-refractivity contribution in [1.29, 1.82) is 0 Å². The molecule has 0 bridgehead atoms. The number of aliphatic hydroxyl groups excluding tert-OH is 1. The van der Waals surface area contributed by atoms with Crippen molar-refractivity contribution in [3.63, 3.8) is 0 Å². The zero-order valence-corrected chi connectivity index (χ0v) is 22.9. The first-order valence-corrected chi connectivity index (χ1v) is 13.4. The molecular weight excluding hydrogens is 522 g/mol. The molecule has 0 aliphatic carbocycles. The van der Waals surface area contributed by atoms with Crippen LogP contribution in [0.1, 0.15) is 59.7 Å². The number of esters is 1. The van der Waals surface area contributed by atoms with E-state index >= 15 is 0 Å². The number of aryl methyl sites for hydroxylation is 1. The van der Waals surface area contributed by atoms with E-state index < -0.39 is 23.7 Å². The molecule has 39 heavy (non-hydrogen) atoms.